The topological polar surface area (TPSA) is 101 Å². The molecule has 0 amide bonds. The fourth-order valence-electron chi connectivity index (χ4n) is 5.24. The van der Waals surface area contributed by atoms with Crippen LogP contribution in [0.3, 0.4) is 0 Å². The highest BCUT2D eigenvalue weighted by Gasteiger charge is 2.25. The minimum absolute atomic E-state index is 0. The van der Waals surface area contributed by atoms with Gasteiger partial charge in [-0.05, 0) is 99.1 Å². The summed E-state index contributed by atoms with van der Waals surface area (Å²) < 4.78 is 11.1. The van der Waals surface area contributed by atoms with E-state index in [-0.39, 0.29) is 48.2 Å². The summed E-state index contributed by atoms with van der Waals surface area (Å²) in [4.78, 5) is 9.52. The number of aromatic nitrogens is 1. The quantitative estimate of drug-likeness (QED) is 0.522. The molecule has 200 valence electrons. The van der Waals surface area contributed by atoms with Gasteiger partial charge in [0.1, 0.15) is 0 Å². The Morgan fingerprint density at radius 3 is 2.34 bits per heavy atom. The average Bonchev–Trinajstić information content (AvgIpc) is 3.25. The Morgan fingerprint density at radius 2 is 1.60 bits per heavy atom. The molecule has 3 aliphatic heterocycles. The van der Waals surface area contributed by atoms with Crippen LogP contribution in [0.25, 0.3) is 0 Å². The zero-order valence-electron chi connectivity index (χ0n) is 20.1. The number of fused-ring (bicyclic) bond motifs is 2. The lowest BCUT2D eigenvalue weighted by Gasteiger charge is -2.38. The Bertz CT molecular complexity index is 863. The molecule has 0 radical (unpaired) electrons. The van der Waals surface area contributed by atoms with E-state index in [1.54, 1.807) is 0 Å². The number of likely N-dealkylation sites (tertiary alicyclic amines) is 1. The summed E-state index contributed by atoms with van der Waals surface area (Å²) in [6.07, 6.45) is 12.7. The molecular formula is C25H40Cl3N3O4. The van der Waals surface area contributed by atoms with E-state index >= 15 is 0 Å². The lowest BCUT2D eigenvalue weighted by Crippen LogP contribution is -2.42. The third-order valence-electron chi connectivity index (χ3n) is 6.97. The average molecular weight is 553 g/mol. The summed E-state index contributed by atoms with van der Waals surface area (Å²) in [5, 5.41) is 0. The molecule has 1 unspecified atom stereocenters. The molecule has 5 rings (SSSR count). The predicted molar refractivity (Wildman–Crippen MR) is 147 cm³/mol. The molecule has 0 spiro atoms. The zero-order chi connectivity index (χ0) is 20.2. The Labute approximate surface area is 227 Å². The van der Waals surface area contributed by atoms with Gasteiger partial charge in [0.15, 0.2) is 11.5 Å². The van der Waals surface area contributed by atoms with E-state index < -0.39 is 0 Å². The number of nitrogens with zero attached hydrogens (tertiary/aromatic N) is 3. The van der Waals surface area contributed by atoms with Gasteiger partial charge in [-0.1, -0.05) is 6.42 Å². The van der Waals surface area contributed by atoms with Crippen LogP contribution >= 0.6 is 37.2 Å². The molecule has 4 heterocycles. The molecule has 1 atom stereocenters. The molecule has 4 N–H and O–H groups in total. The molecule has 0 bridgehead atoms. The Kier molecular flexibility index (Phi) is 15.8. The van der Waals surface area contributed by atoms with Crippen molar-refractivity contribution < 1.29 is 20.4 Å². The van der Waals surface area contributed by atoms with Gasteiger partial charge in [0.2, 0.25) is 6.79 Å². The molecule has 10 heteroatoms. The van der Waals surface area contributed by atoms with Crippen LogP contribution in [0.1, 0.15) is 48.8 Å². The van der Waals surface area contributed by atoms with Crippen molar-refractivity contribution in [3.8, 4) is 11.5 Å². The normalized spacial score (nSPS) is 18.5. The number of pyridine rings is 1. The van der Waals surface area contributed by atoms with E-state index in [0.29, 0.717) is 6.79 Å². The van der Waals surface area contributed by atoms with Crippen LogP contribution in [0.4, 0.5) is 0 Å². The zero-order valence-corrected chi connectivity index (χ0v) is 22.6. The standard InChI is InChI=1S/C25H33N3O2.3ClH.2H2O/c1-2-12-28(13-3-4-20-6-10-26-11-7-20)23(5-1)9-15-27-14-8-21-16-24-25(30-19-29-24)17-22(21)18-27;;;;;/h6-7,10-11,16-17,23H,1-5,8-9,12-15,18-19H2;3*1H;2*1H2. The molecular weight excluding hydrogens is 513 g/mol. The van der Waals surface area contributed by atoms with Gasteiger partial charge in [0.25, 0.3) is 0 Å². The molecule has 7 nitrogen and oxygen atoms in total. The molecule has 3 aliphatic rings. The number of benzene rings is 1. The summed E-state index contributed by atoms with van der Waals surface area (Å²) in [5.74, 6) is 1.84. The van der Waals surface area contributed by atoms with Crippen LogP contribution in [-0.4, -0.2) is 64.7 Å². The van der Waals surface area contributed by atoms with E-state index in [9.17, 15) is 0 Å². The first-order valence-corrected chi connectivity index (χ1v) is 11.6. The molecule has 1 aromatic heterocycles. The number of rotatable bonds is 7. The highest BCUT2D eigenvalue weighted by molar-refractivity contribution is 5.86. The first-order valence-electron chi connectivity index (χ1n) is 11.6. The number of hydrogen-bond acceptors (Lipinski definition) is 5. The van der Waals surface area contributed by atoms with E-state index in [0.717, 1.165) is 43.5 Å². The van der Waals surface area contributed by atoms with Gasteiger partial charge in [-0.15, -0.1) is 37.2 Å². The molecule has 35 heavy (non-hydrogen) atoms. The summed E-state index contributed by atoms with van der Waals surface area (Å²) in [6.45, 7) is 6.24. The van der Waals surface area contributed by atoms with Crippen molar-refractivity contribution in [2.24, 2.45) is 0 Å². The van der Waals surface area contributed by atoms with Crippen LogP contribution in [-0.2, 0) is 19.4 Å². The lowest BCUT2D eigenvalue weighted by atomic mass is 9.96. The van der Waals surface area contributed by atoms with Crippen molar-refractivity contribution in [1.82, 2.24) is 14.8 Å². The highest BCUT2D eigenvalue weighted by atomic mass is 35.5. The van der Waals surface area contributed by atoms with Crippen LogP contribution < -0.4 is 9.47 Å². The van der Waals surface area contributed by atoms with Crippen molar-refractivity contribution in [3.63, 3.8) is 0 Å². The summed E-state index contributed by atoms with van der Waals surface area (Å²) in [6, 6.07) is 9.44. The van der Waals surface area contributed by atoms with E-state index in [1.165, 1.54) is 68.4 Å². The molecule has 2 aromatic rings. The van der Waals surface area contributed by atoms with E-state index in [4.69, 9.17) is 9.47 Å². The van der Waals surface area contributed by atoms with Crippen molar-refractivity contribution in [1.29, 1.82) is 0 Å². The maximum Gasteiger partial charge on any atom is 0.231 e. The second-order valence-electron chi connectivity index (χ2n) is 8.93. The molecule has 0 aliphatic carbocycles. The van der Waals surface area contributed by atoms with Crippen molar-refractivity contribution in [2.75, 3.05) is 33.0 Å². The van der Waals surface area contributed by atoms with Crippen LogP contribution in [0.2, 0.25) is 0 Å². The maximum atomic E-state index is 5.59. The highest BCUT2D eigenvalue weighted by Crippen LogP contribution is 2.36. The second kappa shape index (κ2) is 16.4. The minimum atomic E-state index is 0. The third kappa shape index (κ3) is 8.64. The monoisotopic (exact) mass is 551 g/mol. The van der Waals surface area contributed by atoms with Gasteiger partial charge < -0.3 is 25.3 Å². The molecule has 1 aromatic carbocycles. The van der Waals surface area contributed by atoms with Crippen LogP contribution in [0.5, 0.6) is 11.5 Å². The van der Waals surface area contributed by atoms with Gasteiger partial charge in [0, 0.05) is 31.5 Å². The lowest BCUT2D eigenvalue weighted by molar-refractivity contribution is 0.121. The van der Waals surface area contributed by atoms with Gasteiger partial charge in [-0.2, -0.15) is 0 Å². The third-order valence-corrected chi connectivity index (χ3v) is 6.97. The van der Waals surface area contributed by atoms with Crippen molar-refractivity contribution in [2.45, 2.75) is 57.5 Å². The number of halogens is 3. The molecule has 1 fully saturated rings. The smallest absolute Gasteiger partial charge is 0.231 e. The van der Waals surface area contributed by atoms with Crippen LogP contribution in [0, 0.1) is 0 Å². The number of aryl methyl sites for hydroxylation is 1. The minimum Gasteiger partial charge on any atom is -0.454 e. The Balaban J connectivity index is 0.00000231. The van der Waals surface area contributed by atoms with Gasteiger partial charge in [-0.25, -0.2) is 0 Å². The second-order valence-corrected chi connectivity index (χ2v) is 8.93. The first-order chi connectivity index (χ1) is 14.8. The largest absolute Gasteiger partial charge is 0.454 e. The van der Waals surface area contributed by atoms with Crippen molar-refractivity contribution in [3.05, 3.63) is 53.3 Å². The van der Waals surface area contributed by atoms with Crippen LogP contribution in [0.15, 0.2) is 36.7 Å². The summed E-state index contributed by atoms with van der Waals surface area (Å²) >= 11 is 0. The number of hydrogen-bond donors (Lipinski definition) is 0. The number of piperidine rings is 1. The Hall–Kier alpha value is -1.32. The van der Waals surface area contributed by atoms with E-state index in [2.05, 4.69) is 39.0 Å². The van der Waals surface area contributed by atoms with Crippen molar-refractivity contribution >= 4 is 37.2 Å². The Morgan fingerprint density at radius 1 is 0.886 bits per heavy atom. The molecule has 1 saturated heterocycles. The first kappa shape index (κ1) is 33.7. The SMILES string of the molecule is Cl.Cl.Cl.O.O.c1cc(CCCN2CCCCC2CCN2CCc3cc4c(cc3C2)OCO4)ccn1. The van der Waals surface area contributed by atoms with Gasteiger partial charge in [-0.3, -0.25) is 9.88 Å². The predicted octanol–water partition coefficient (Wildman–Crippen LogP) is 3.66. The number of ether oxygens (including phenoxy) is 2. The molecule has 0 saturated carbocycles. The van der Waals surface area contributed by atoms with E-state index in [1.807, 2.05) is 12.4 Å². The fourth-order valence-corrected chi connectivity index (χ4v) is 5.24. The van der Waals surface area contributed by atoms with Gasteiger partial charge >= 0.3 is 0 Å². The van der Waals surface area contributed by atoms with Gasteiger partial charge in [0.05, 0.1) is 0 Å². The summed E-state index contributed by atoms with van der Waals surface area (Å²) in [5.41, 5.74) is 4.26. The fraction of sp³-hybridized carbons (Fsp3) is 0.560. The summed E-state index contributed by atoms with van der Waals surface area (Å²) in [7, 11) is 0. The maximum absolute atomic E-state index is 5.59.